The summed E-state index contributed by atoms with van der Waals surface area (Å²) in [5.74, 6) is 0.0782. The molecule has 0 radical (unpaired) electrons. The summed E-state index contributed by atoms with van der Waals surface area (Å²) < 4.78 is 28.5. The van der Waals surface area contributed by atoms with E-state index in [4.69, 9.17) is 0 Å². The number of rotatable bonds is 6. The molecule has 0 bridgehead atoms. The fraction of sp³-hybridized carbons (Fsp3) is 0.588. The lowest BCUT2D eigenvalue weighted by molar-refractivity contribution is -0.121. The van der Waals surface area contributed by atoms with E-state index in [9.17, 15) is 18.7 Å². The number of amides is 1. The predicted molar refractivity (Wildman–Crippen MR) is 82.4 cm³/mol. The summed E-state index contributed by atoms with van der Waals surface area (Å²) in [5, 5.41) is 12.5. The van der Waals surface area contributed by atoms with E-state index in [0.29, 0.717) is 0 Å². The lowest BCUT2D eigenvalue weighted by Crippen LogP contribution is -2.41. The van der Waals surface area contributed by atoms with Gasteiger partial charge in [0.2, 0.25) is 5.91 Å². The van der Waals surface area contributed by atoms with Crippen LogP contribution in [0.3, 0.4) is 0 Å². The Kier molecular flexibility index (Phi) is 6.77. The van der Waals surface area contributed by atoms with Crippen molar-refractivity contribution in [2.45, 2.75) is 51.2 Å². The normalized spacial score (nSPS) is 21.7. The molecule has 1 aliphatic carbocycles. The number of carbonyl (C=O) groups is 1. The molecule has 2 rings (SSSR count). The fourth-order valence-electron chi connectivity index (χ4n) is 3.02. The van der Waals surface area contributed by atoms with Crippen LogP contribution >= 0.6 is 0 Å². The Labute approximate surface area is 134 Å². The maximum Gasteiger partial charge on any atom is 0.387 e. The topological polar surface area (TPSA) is 58.6 Å². The van der Waals surface area contributed by atoms with Crippen LogP contribution in [0.25, 0.3) is 0 Å². The lowest BCUT2D eigenvalue weighted by atomic mass is 9.95. The molecule has 1 aromatic rings. The molecule has 4 nitrogen and oxygen atoms in total. The van der Waals surface area contributed by atoms with E-state index < -0.39 is 6.61 Å². The summed E-state index contributed by atoms with van der Waals surface area (Å²) in [6.45, 7) is -2.76. The van der Waals surface area contributed by atoms with Crippen molar-refractivity contribution in [3.8, 4) is 5.75 Å². The van der Waals surface area contributed by atoms with Crippen molar-refractivity contribution < 1.29 is 23.4 Å². The maximum atomic E-state index is 12.2. The first kappa shape index (κ1) is 17.7. The predicted octanol–water partition coefficient (Wildman–Crippen LogP) is 2.89. The summed E-state index contributed by atoms with van der Waals surface area (Å²) >= 11 is 0. The number of aliphatic hydroxyl groups excluding tert-OH is 1. The highest BCUT2D eigenvalue weighted by atomic mass is 19.3. The number of aliphatic hydroxyl groups is 1. The third-order valence-electron chi connectivity index (χ3n) is 4.25. The zero-order chi connectivity index (χ0) is 16.7. The number of ether oxygens (including phenoxy) is 1. The van der Waals surface area contributed by atoms with E-state index >= 15 is 0 Å². The first-order valence-corrected chi connectivity index (χ1v) is 8.02. The summed E-state index contributed by atoms with van der Waals surface area (Å²) in [6.07, 6.45) is 5.28. The van der Waals surface area contributed by atoms with Crippen molar-refractivity contribution in [2.24, 2.45) is 5.92 Å². The number of hydrogen-bond acceptors (Lipinski definition) is 3. The van der Waals surface area contributed by atoms with Gasteiger partial charge in [-0.15, -0.1) is 0 Å². The smallest absolute Gasteiger partial charge is 0.387 e. The van der Waals surface area contributed by atoms with E-state index in [-0.39, 0.29) is 36.6 Å². The molecule has 0 heterocycles. The molecule has 1 fully saturated rings. The largest absolute Gasteiger partial charge is 0.435 e. The highest BCUT2D eigenvalue weighted by molar-refractivity contribution is 5.78. The average molecular weight is 327 g/mol. The van der Waals surface area contributed by atoms with Crippen molar-refractivity contribution >= 4 is 5.91 Å². The van der Waals surface area contributed by atoms with Gasteiger partial charge < -0.3 is 15.2 Å². The van der Waals surface area contributed by atoms with E-state index in [0.717, 1.165) is 37.7 Å². The Morgan fingerprint density at radius 2 is 1.91 bits per heavy atom. The minimum atomic E-state index is -2.85. The first-order valence-electron chi connectivity index (χ1n) is 8.02. The van der Waals surface area contributed by atoms with E-state index in [1.54, 1.807) is 12.1 Å². The van der Waals surface area contributed by atoms with E-state index in [1.165, 1.54) is 12.1 Å². The van der Waals surface area contributed by atoms with Crippen LogP contribution in [-0.2, 0) is 11.2 Å². The molecule has 6 heteroatoms. The molecule has 0 aliphatic heterocycles. The van der Waals surface area contributed by atoms with Gasteiger partial charge in [0.25, 0.3) is 0 Å². The number of halogens is 2. The van der Waals surface area contributed by atoms with Crippen molar-refractivity contribution in [1.29, 1.82) is 0 Å². The Morgan fingerprint density at radius 1 is 1.22 bits per heavy atom. The Morgan fingerprint density at radius 3 is 2.57 bits per heavy atom. The molecular formula is C17H23F2NO3. The Hall–Kier alpha value is -1.69. The molecule has 0 aromatic heterocycles. The number of alkyl halides is 2. The highest BCUT2D eigenvalue weighted by Gasteiger charge is 2.24. The van der Waals surface area contributed by atoms with Crippen LogP contribution in [0.2, 0.25) is 0 Å². The maximum absolute atomic E-state index is 12.2. The third-order valence-corrected chi connectivity index (χ3v) is 4.25. The minimum absolute atomic E-state index is 0.0106. The second-order valence-electron chi connectivity index (χ2n) is 5.95. The molecule has 1 saturated carbocycles. The van der Waals surface area contributed by atoms with Crippen molar-refractivity contribution in [3.05, 3.63) is 29.8 Å². The SMILES string of the molecule is O=C(Cc1ccc(OC(F)F)cc1)NC1CCCCCC1CO. The minimum Gasteiger partial charge on any atom is -0.435 e. The second-order valence-corrected chi connectivity index (χ2v) is 5.95. The van der Waals surface area contributed by atoms with Gasteiger partial charge >= 0.3 is 6.61 Å². The van der Waals surface area contributed by atoms with Crippen LogP contribution in [0.1, 0.15) is 37.7 Å². The van der Waals surface area contributed by atoms with Gasteiger partial charge in [-0.25, -0.2) is 0 Å². The standard InChI is InChI=1S/C17H23F2NO3/c18-17(19)23-14-8-6-12(7-9-14)10-16(22)20-15-5-3-1-2-4-13(15)11-21/h6-9,13,15,17,21H,1-5,10-11H2,(H,20,22). The Balaban J connectivity index is 1.88. The summed E-state index contributed by atoms with van der Waals surface area (Å²) in [7, 11) is 0. The molecule has 2 atom stereocenters. The number of hydrogen-bond donors (Lipinski definition) is 2. The highest BCUT2D eigenvalue weighted by Crippen LogP contribution is 2.23. The van der Waals surface area contributed by atoms with Crippen molar-refractivity contribution in [2.75, 3.05) is 6.61 Å². The molecule has 1 aliphatic rings. The van der Waals surface area contributed by atoms with Crippen molar-refractivity contribution in [1.82, 2.24) is 5.32 Å². The van der Waals surface area contributed by atoms with Crippen LogP contribution in [0, 0.1) is 5.92 Å². The number of nitrogens with one attached hydrogen (secondary N) is 1. The van der Waals surface area contributed by atoms with Crippen LogP contribution in [0.5, 0.6) is 5.75 Å². The average Bonchev–Trinajstić information content (AvgIpc) is 2.73. The van der Waals surface area contributed by atoms with Crippen molar-refractivity contribution in [3.63, 3.8) is 0 Å². The molecular weight excluding hydrogens is 304 g/mol. The van der Waals surface area contributed by atoms with Crippen LogP contribution in [-0.4, -0.2) is 30.3 Å². The van der Waals surface area contributed by atoms with Gasteiger partial charge in [0.05, 0.1) is 6.42 Å². The van der Waals surface area contributed by atoms with Crippen LogP contribution < -0.4 is 10.1 Å². The summed E-state index contributed by atoms with van der Waals surface area (Å²) in [4.78, 5) is 12.2. The number of carbonyl (C=O) groups excluding carboxylic acids is 1. The van der Waals surface area contributed by atoms with Gasteiger partial charge in [-0.1, -0.05) is 31.4 Å². The fourth-order valence-corrected chi connectivity index (χ4v) is 3.02. The summed E-state index contributed by atoms with van der Waals surface area (Å²) in [5.41, 5.74) is 0.735. The number of benzene rings is 1. The molecule has 23 heavy (non-hydrogen) atoms. The quantitative estimate of drug-likeness (QED) is 0.790. The van der Waals surface area contributed by atoms with Gasteiger partial charge in [-0.3, -0.25) is 4.79 Å². The zero-order valence-corrected chi connectivity index (χ0v) is 13.0. The summed E-state index contributed by atoms with van der Waals surface area (Å²) in [6, 6.07) is 6.08. The lowest BCUT2D eigenvalue weighted by Gasteiger charge is -2.24. The molecule has 128 valence electrons. The molecule has 1 amide bonds. The first-order chi connectivity index (χ1) is 11.1. The Bertz CT molecular complexity index is 493. The van der Waals surface area contributed by atoms with Gasteiger partial charge in [-0.05, 0) is 30.5 Å². The van der Waals surface area contributed by atoms with Gasteiger partial charge in [0.1, 0.15) is 5.75 Å². The molecule has 2 N–H and O–H groups in total. The second kappa shape index (κ2) is 8.82. The molecule has 0 spiro atoms. The van der Waals surface area contributed by atoms with E-state index in [2.05, 4.69) is 10.1 Å². The van der Waals surface area contributed by atoms with Gasteiger partial charge in [0, 0.05) is 18.6 Å². The van der Waals surface area contributed by atoms with Crippen LogP contribution in [0.15, 0.2) is 24.3 Å². The monoisotopic (exact) mass is 327 g/mol. The molecule has 2 unspecified atom stereocenters. The van der Waals surface area contributed by atoms with Gasteiger partial charge in [0.15, 0.2) is 0 Å². The van der Waals surface area contributed by atoms with Gasteiger partial charge in [-0.2, -0.15) is 8.78 Å². The third kappa shape index (κ3) is 5.78. The van der Waals surface area contributed by atoms with Crippen LogP contribution in [0.4, 0.5) is 8.78 Å². The van der Waals surface area contributed by atoms with E-state index in [1.807, 2.05) is 0 Å². The zero-order valence-electron chi connectivity index (χ0n) is 13.0. The molecule has 1 aromatic carbocycles. The molecule has 0 saturated heterocycles.